The molecule has 0 aromatic rings. The number of hydrogen-bond donors (Lipinski definition) is 2. The van der Waals surface area contributed by atoms with Crippen LogP contribution in [-0.4, -0.2) is 54.2 Å². The fourth-order valence-corrected chi connectivity index (χ4v) is 21.1. The summed E-state index contributed by atoms with van der Waals surface area (Å²) in [5.74, 6) is -1.21. The number of halogens is 3. The molecule has 13 heteroatoms. The lowest BCUT2D eigenvalue weighted by atomic mass is 9.35. The molecule has 2 amide bonds. The van der Waals surface area contributed by atoms with E-state index in [2.05, 4.69) is 89.6 Å². The average molecular weight is 1090 g/mol. The Morgan fingerprint density at radius 2 is 0.924 bits per heavy atom. The molecule has 0 saturated heterocycles. The summed E-state index contributed by atoms with van der Waals surface area (Å²) in [4.78, 5) is 88.8. The van der Waals surface area contributed by atoms with Crippen LogP contribution in [0.2, 0.25) is 0 Å². The summed E-state index contributed by atoms with van der Waals surface area (Å²) < 4.78 is 38.9. The maximum Gasteiger partial charge on any atom is 0.405 e. The Hall–Kier alpha value is -4.65. The zero-order valence-electron chi connectivity index (χ0n) is 50.0. The van der Waals surface area contributed by atoms with Crippen LogP contribution in [0.3, 0.4) is 0 Å². The van der Waals surface area contributed by atoms with E-state index in [-0.39, 0.29) is 121 Å². The molecule has 10 aliphatic rings. The molecule has 16 atom stereocenters. The number of hydrogen-bond acceptors (Lipinski definition) is 6. The summed E-state index contributed by atoms with van der Waals surface area (Å²) in [5.41, 5.74) is -1.46. The highest BCUT2D eigenvalue weighted by Gasteiger charge is 2.71. The Kier molecular flexibility index (Phi) is 14.0. The number of fused-ring (bicyclic) bond motifs is 14. The van der Waals surface area contributed by atoms with E-state index in [9.17, 15) is 41.9 Å². The Bertz CT molecular complexity index is 2890. The molecule has 10 nitrogen and oxygen atoms in total. The molecule has 0 aliphatic heterocycles. The lowest BCUT2D eigenvalue weighted by molar-refractivity contribution is -0.166. The standard InChI is InChI=1S/C33H43F3N2O3.C33H46N2O3/c1-28(2)14-19-18(20(15-28)27(41)38-17-33(34,35)36)9-11-32(7)25(19)22(39)13-24-30(5)16-21(37-8)26(40)29(3,4)23(30)10-12-31(24,32)6;1-10-35-28(38)21-17-29(2,3)16-20-19(21)11-13-33(8)26(20)23(36)15-25-31(6)18-22(34-9)27(37)30(4,5)24(31)12-14-32(25,33)7/h13,16,18-20,23,25H,9-12,14-15,17H2,1-7H3,(H,38,41);15,18-21,24,26H,10-14,16-17H2,1-8H3,(H,35,38)/t18?,19-,20-,23+,25+,30+,31-,32-;19?,20-,21-,24+,26+,31+,32-,33-/m11/s1. The third kappa shape index (κ3) is 8.60. The summed E-state index contributed by atoms with van der Waals surface area (Å²) in [7, 11) is 0. The van der Waals surface area contributed by atoms with E-state index in [0.717, 1.165) is 68.9 Å². The van der Waals surface area contributed by atoms with Gasteiger partial charge in [0, 0.05) is 51.9 Å². The second-order valence-electron chi connectivity index (χ2n) is 30.8. The van der Waals surface area contributed by atoms with Gasteiger partial charge >= 0.3 is 6.18 Å². The van der Waals surface area contributed by atoms with Crippen LogP contribution in [0, 0.1) is 126 Å². The summed E-state index contributed by atoms with van der Waals surface area (Å²) in [6, 6.07) is 0. The smallest absolute Gasteiger partial charge is 0.356 e. The normalized spacial score (nSPS) is 43.7. The number of nitrogens with one attached hydrogen (secondary N) is 2. The van der Waals surface area contributed by atoms with E-state index in [1.54, 1.807) is 0 Å². The SMILES string of the molecule is [C-]#[N+]C1=C[C@]2(C)C3=CC(=O)[C@@H]4[C@@H]5CC(C)(C)C[C@@H](C(=O)NCC(F)(F)F)C5CC[C@@]4(C)[C@]3(C)CC[C@H]2C(C)(C)C1=O.[C-]#[N+]C1=C[C@]2(C)C3=CC(=O)[C@@H]4[C@@H]5CC(C)(C)C[C@@H](C(=O)NCC)C5CC[C@@]4(C)[C@]3(C)CC[C@H]2C(C)(C)C1=O. The molecule has 0 heterocycles. The highest BCUT2D eigenvalue weighted by molar-refractivity contribution is 6.04. The maximum absolute atomic E-state index is 14.4. The summed E-state index contributed by atoms with van der Waals surface area (Å²) in [5, 5.41) is 5.24. The van der Waals surface area contributed by atoms with Crippen molar-refractivity contribution in [3.63, 3.8) is 0 Å². The Labute approximate surface area is 468 Å². The number of rotatable bonds is 4. The van der Waals surface area contributed by atoms with Crippen molar-refractivity contribution in [1.29, 1.82) is 0 Å². The Morgan fingerprint density at radius 3 is 1.27 bits per heavy atom. The molecule has 10 aliphatic carbocycles. The van der Waals surface area contributed by atoms with Crippen molar-refractivity contribution in [2.75, 3.05) is 13.1 Å². The van der Waals surface area contributed by atoms with Crippen molar-refractivity contribution >= 4 is 34.9 Å². The van der Waals surface area contributed by atoms with E-state index in [1.807, 2.05) is 58.9 Å². The highest BCUT2D eigenvalue weighted by atomic mass is 19.4. The van der Waals surface area contributed by atoms with Gasteiger partial charge in [-0.25, -0.2) is 9.69 Å². The molecular weight excluding hydrogens is 1000 g/mol. The fraction of sp³-hybridized carbons (Fsp3) is 0.758. The summed E-state index contributed by atoms with van der Waals surface area (Å²) in [6.45, 7) is 46.6. The summed E-state index contributed by atoms with van der Waals surface area (Å²) in [6.07, 6.45) is 12.9. The zero-order valence-corrected chi connectivity index (χ0v) is 50.0. The predicted octanol–water partition coefficient (Wildman–Crippen LogP) is 13.6. The topological polar surface area (TPSA) is 135 Å². The molecule has 6 saturated carbocycles. The molecule has 0 aromatic carbocycles. The van der Waals surface area contributed by atoms with E-state index in [4.69, 9.17) is 13.1 Å². The van der Waals surface area contributed by atoms with E-state index in [1.165, 1.54) is 0 Å². The van der Waals surface area contributed by atoms with Gasteiger partial charge in [-0.2, -0.15) is 13.2 Å². The zero-order chi connectivity index (χ0) is 58.6. The van der Waals surface area contributed by atoms with Crippen LogP contribution < -0.4 is 10.6 Å². The van der Waals surface area contributed by atoms with E-state index < -0.39 is 51.6 Å². The third-order valence-corrected chi connectivity index (χ3v) is 24.8. The molecule has 0 bridgehead atoms. The van der Waals surface area contributed by atoms with Gasteiger partial charge in [0.05, 0.1) is 13.1 Å². The Morgan fingerprint density at radius 1 is 0.557 bits per heavy atom. The van der Waals surface area contributed by atoms with Crippen LogP contribution >= 0.6 is 0 Å². The first-order valence-electron chi connectivity index (χ1n) is 29.7. The first-order valence-corrected chi connectivity index (χ1v) is 29.7. The van der Waals surface area contributed by atoms with E-state index in [0.29, 0.717) is 25.8 Å². The van der Waals surface area contributed by atoms with E-state index >= 15 is 0 Å². The van der Waals surface area contributed by atoms with Crippen LogP contribution in [0.15, 0.2) is 46.8 Å². The minimum atomic E-state index is -4.48. The number of allylic oxidation sites excluding steroid dienone is 8. The summed E-state index contributed by atoms with van der Waals surface area (Å²) >= 11 is 0. The van der Waals surface area contributed by atoms with Gasteiger partial charge in [0.15, 0.2) is 23.1 Å². The number of Topliss-reactive ketones (excluding diaryl/α,β-unsaturated/α-hetero) is 2. The first-order chi connectivity index (χ1) is 36.3. The van der Waals surface area contributed by atoms with Crippen molar-refractivity contribution in [3.05, 3.63) is 69.7 Å². The maximum atomic E-state index is 14.4. The molecule has 0 aromatic heterocycles. The molecule has 10 rings (SSSR count). The lowest BCUT2D eigenvalue weighted by Gasteiger charge is -2.68. The molecule has 6 fully saturated rings. The number of carbonyl (C=O) groups is 6. The molecule has 0 spiro atoms. The number of amides is 2. The van der Waals surface area contributed by atoms with Gasteiger partial charge in [-0.3, -0.25) is 19.2 Å². The molecule has 0 radical (unpaired) electrons. The second-order valence-corrected chi connectivity index (χ2v) is 30.8. The van der Waals surface area contributed by atoms with Gasteiger partial charge in [-0.1, -0.05) is 120 Å². The fourth-order valence-electron chi connectivity index (χ4n) is 21.1. The lowest BCUT2D eigenvalue weighted by Crippen LogP contribution is -2.64. The Balaban J connectivity index is 0.000000192. The van der Waals surface area contributed by atoms with Crippen molar-refractivity contribution in [2.24, 2.45) is 113 Å². The van der Waals surface area contributed by atoms with Gasteiger partial charge in [0.25, 0.3) is 0 Å². The molecular formula is C66H89F3N4O6. The third-order valence-electron chi connectivity index (χ3n) is 24.8. The molecule has 2 unspecified atom stereocenters. The van der Waals surface area contributed by atoms with Gasteiger partial charge in [0.2, 0.25) is 23.2 Å². The average Bonchev–Trinajstić information content (AvgIpc) is 3.51. The number of nitrogens with zero attached hydrogens (tertiary/aromatic N) is 2. The van der Waals surface area contributed by atoms with Crippen LogP contribution in [-0.2, 0) is 28.8 Å². The van der Waals surface area contributed by atoms with Crippen molar-refractivity contribution in [1.82, 2.24) is 10.6 Å². The molecule has 430 valence electrons. The first kappa shape index (κ1) is 59.0. The number of ketones is 4. The van der Waals surface area contributed by atoms with Crippen LogP contribution in [0.1, 0.15) is 181 Å². The van der Waals surface area contributed by atoms with Crippen molar-refractivity contribution in [2.45, 2.75) is 187 Å². The van der Waals surface area contributed by atoms with Gasteiger partial charge in [-0.15, -0.1) is 0 Å². The van der Waals surface area contributed by atoms with Crippen LogP contribution in [0.5, 0.6) is 0 Å². The highest BCUT2D eigenvalue weighted by Crippen LogP contribution is 2.75. The quantitative estimate of drug-likeness (QED) is 0.269. The predicted molar refractivity (Wildman–Crippen MR) is 297 cm³/mol. The number of alkyl halides is 3. The van der Waals surface area contributed by atoms with Crippen LogP contribution in [0.25, 0.3) is 9.69 Å². The van der Waals surface area contributed by atoms with Gasteiger partial charge in [-0.05, 0) is 164 Å². The van der Waals surface area contributed by atoms with Gasteiger partial charge < -0.3 is 20.2 Å². The van der Waals surface area contributed by atoms with Crippen molar-refractivity contribution in [3.8, 4) is 0 Å². The largest absolute Gasteiger partial charge is 0.405 e. The minimum absolute atomic E-state index is 0.00497. The van der Waals surface area contributed by atoms with Crippen LogP contribution in [0.4, 0.5) is 13.2 Å². The second kappa shape index (κ2) is 18.7. The van der Waals surface area contributed by atoms with Crippen molar-refractivity contribution < 1.29 is 41.9 Å². The minimum Gasteiger partial charge on any atom is -0.356 e. The number of carbonyl (C=O) groups excluding carboxylic acids is 6. The van der Waals surface area contributed by atoms with Gasteiger partial charge in [0.1, 0.15) is 6.54 Å². The monoisotopic (exact) mass is 1090 g/mol. The molecule has 79 heavy (non-hydrogen) atoms. The molecule has 2 N–H and O–H groups in total.